The van der Waals surface area contributed by atoms with Crippen LogP contribution in [0.4, 0.5) is 11.4 Å². The van der Waals surface area contributed by atoms with Crippen molar-refractivity contribution in [2.45, 2.75) is 79.1 Å². The lowest BCUT2D eigenvalue weighted by molar-refractivity contribution is 0.101. The largest absolute Gasteiger partial charge is 0.321 e. The summed E-state index contributed by atoms with van der Waals surface area (Å²) in [5, 5.41) is 10.6. The first-order chi connectivity index (χ1) is 24.0. The predicted octanol–water partition coefficient (Wildman–Crippen LogP) is 12.7. The molecule has 4 nitrogen and oxygen atoms in total. The summed E-state index contributed by atoms with van der Waals surface area (Å²) in [5.74, 6) is 0.478. The van der Waals surface area contributed by atoms with Gasteiger partial charge in [-0.1, -0.05) is 152 Å². The van der Waals surface area contributed by atoms with Crippen LogP contribution in [0.1, 0.15) is 122 Å². The topological polar surface area (TPSA) is 58.2 Å². The molecule has 0 fully saturated rings. The molecule has 2 amide bonds. The smallest absolute Gasteiger partial charge is 0.256 e. The first-order valence-electron chi connectivity index (χ1n) is 17.9. The van der Waals surface area contributed by atoms with Crippen LogP contribution in [0.15, 0.2) is 109 Å². The zero-order valence-electron chi connectivity index (χ0n) is 30.5. The van der Waals surface area contributed by atoms with Gasteiger partial charge in [0.1, 0.15) is 0 Å². The Morgan fingerprint density at radius 2 is 0.720 bits per heavy atom. The summed E-state index contributed by atoms with van der Waals surface area (Å²) in [6.45, 7) is 17.2. The molecule has 0 aliphatic carbocycles. The second kappa shape index (κ2) is 14.3. The monoisotopic (exact) mass is 660 g/mol. The molecule has 0 aliphatic rings. The lowest BCUT2D eigenvalue weighted by Gasteiger charge is -2.23. The van der Waals surface area contributed by atoms with E-state index in [-0.39, 0.29) is 35.5 Å². The normalized spacial score (nSPS) is 11.7. The molecular weight excluding hydrogens is 613 g/mol. The molecule has 2 N–H and O–H groups in total. The molecule has 6 aromatic carbocycles. The second-order valence-corrected chi connectivity index (χ2v) is 14.6. The number of carbonyl (C=O) groups excluding carboxylic acids is 2. The average Bonchev–Trinajstić information content (AvgIpc) is 3.10. The second-order valence-electron chi connectivity index (χ2n) is 14.6. The summed E-state index contributed by atoms with van der Waals surface area (Å²) >= 11 is 0. The Balaban J connectivity index is 1.60. The van der Waals surface area contributed by atoms with E-state index in [9.17, 15) is 9.59 Å². The van der Waals surface area contributed by atoms with Crippen molar-refractivity contribution in [2.75, 3.05) is 10.6 Å². The zero-order chi connectivity index (χ0) is 35.7. The maximum absolute atomic E-state index is 14.7. The van der Waals surface area contributed by atoms with Gasteiger partial charge < -0.3 is 10.6 Å². The first kappa shape index (κ1) is 34.6. The Morgan fingerprint density at radius 1 is 0.400 bits per heavy atom. The molecule has 0 aliphatic heterocycles. The van der Waals surface area contributed by atoms with Gasteiger partial charge in [0, 0.05) is 33.6 Å². The molecule has 0 saturated carbocycles. The number of nitrogens with one attached hydrogen (secondary N) is 2. The summed E-state index contributed by atoms with van der Waals surface area (Å²) in [6, 6.07) is 36.6. The Kier molecular flexibility index (Phi) is 9.93. The minimum atomic E-state index is -0.202. The van der Waals surface area contributed by atoms with Gasteiger partial charge in [-0.25, -0.2) is 0 Å². The molecule has 0 aromatic heterocycles. The van der Waals surface area contributed by atoms with Gasteiger partial charge in [-0.15, -0.1) is 0 Å². The summed E-state index contributed by atoms with van der Waals surface area (Å²) in [5.41, 5.74) is 8.66. The van der Waals surface area contributed by atoms with E-state index in [2.05, 4.69) is 127 Å². The van der Waals surface area contributed by atoms with Gasteiger partial charge in [-0.3, -0.25) is 9.59 Å². The summed E-state index contributed by atoms with van der Waals surface area (Å²) in [4.78, 5) is 29.5. The molecule has 50 heavy (non-hydrogen) atoms. The minimum Gasteiger partial charge on any atom is -0.321 e. The van der Waals surface area contributed by atoms with Crippen molar-refractivity contribution >= 4 is 44.7 Å². The zero-order valence-corrected chi connectivity index (χ0v) is 30.5. The predicted molar refractivity (Wildman–Crippen MR) is 212 cm³/mol. The SMILES string of the molecule is CC(C)c1cccc(C(C)C)c1NC(=O)c1ccc2ccccc2c1-c1c(C(=O)Nc2c(C(C)C)cccc2C(C)C)ccc2ccccc12. The number of para-hydroxylation sites is 2. The van der Waals surface area contributed by atoms with E-state index in [1.807, 2.05) is 48.5 Å². The minimum absolute atomic E-state index is 0.202. The first-order valence-corrected chi connectivity index (χ1v) is 17.9. The highest BCUT2D eigenvalue weighted by Gasteiger charge is 2.26. The number of rotatable bonds is 9. The van der Waals surface area contributed by atoms with Crippen LogP contribution in [0, 0.1) is 0 Å². The van der Waals surface area contributed by atoms with Gasteiger partial charge >= 0.3 is 0 Å². The van der Waals surface area contributed by atoms with Crippen molar-refractivity contribution in [3.63, 3.8) is 0 Å². The molecule has 0 unspecified atom stereocenters. The van der Waals surface area contributed by atoms with Crippen LogP contribution < -0.4 is 10.6 Å². The van der Waals surface area contributed by atoms with Crippen molar-refractivity contribution in [1.29, 1.82) is 0 Å². The van der Waals surface area contributed by atoms with Crippen molar-refractivity contribution in [2.24, 2.45) is 0 Å². The van der Waals surface area contributed by atoms with Gasteiger partial charge in [0.15, 0.2) is 0 Å². The van der Waals surface area contributed by atoms with Crippen LogP contribution in [0.5, 0.6) is 0 Å². The van der Waals surface area contributed by atoms with E-state index < -0.39 is 0 Å². The van der Waals surface area contributed by atoms with Gasteiger partial charge in [0.25, 0.3) is 11.8 Å². The van der Waals surface area contributed by atoms with Gasteiger partial charge in [0.05, 0.1) is 0 Å². The molecule has 6 aromatic rings. The standard InChI is InChI=1S/C46H48N2O2/c1-27(2)33-19-13-20-34(28(3)4)43(33)47-45(49)39-25-23-31-15-9-11-17-37(31)41(39)42-38-18-12-10-16-32(38)24-26-40(42)46(50)48-44-35(29(5)6)21-14-22-36(44)30(7)8/h9-30H,1-8H3,(H,47,49)(H,48,50). The molecule has 0 spiro atoms. The molecule has 0 bridgehead atoms. The van der Waals surface area contributed by atoms with Crippen LogP contribution in [0.3, 0.4) is 0 Å². The van der Waals surface area contributed by atoms with Crippen molar-refractivity contribution in [1.82, 2.24) is 0 Å². The highest BCUT2D eigenvalue weighted by Crippen LogP contribution is 2.41. The molecule has 0 atom stereocenters. The third-order valence-corrected chi connectivity index (χ3v) is 9.82. The number of carbonyl (C=O) groups is 2. The summed E-state index contributed by atoms with van der Waals surface area (Å²) < 4.78 is 0. The number of fused-ring (bicyclic) bond motifs is 2. The van der Waals surface area contributed by atoms with Crippen molar-refractivity contribution < 1.29 is 9.59 Å². The van der Waals surface area contributed by atoms with Crippen molar-refractivity contribution in [3.8, 4) is 11.1 Å². The Labute approximate surface area is 296 Å². The van der Waals surface area contributed by atoms with E-state index in [0.29, 0.717) is 11.1 Å². The Bertz CT molecular complexity index is 2010. The highest BCUT2D eigenvalue weighted by atomic mass is 16.2. The van der Waals surface area contributed by atoms with E-state index in [4.69, 9.17) is 0 Å². The molecule has 0 saturated heterocycles. The third kappa shape index (κ3) is 6.55. The van der Waals surface area contributed by atoms with E-state index >= 15 is 0 Å². The summed E-state index contributed by atoms with van der Waals surface area (Å²) in [6.07, 6.45) is 0. The van der Waals surface area contributed by atoms with E-state index in [1.165, 1.54) is 0 Å². The Morgan fingerprint density at radius 3 is 1.04 bits per heavy atom. The number of hydrogen-bond acceptors (Lipinski definition) is 2. The lowest BCUT2D eigenvalue weighted by atomic mass is 9.86. The van der Waals surface area contributed by atoms with Crippen molar-refractivity contribution in [3.05, 3.63) is 143 Å². The maximum Gasteiger partial charge on any atom is 0.256 e. The van der Waals surface area contributed by atoms with Crippen LogP contribution in [-0.2, 0) is 0 Å². The maximum atomic E-state index is 14.7. The molecule has 4 heteroatoms. The quantitative estimate of drug-likeness (QED) is 0.162. The molecular formula is C46H48N2O2. The Hall–Kier alpha value is -5.22. The number of amides is 2. The third-order valence-electron chi connectivity index (χ3n) is 9.82. The van der Waals surface area contributed by atoms with Gasteiger partial charge in [-0.05, 0) is 79.6 Å². The average molecular weight is 661 g/mol. The van der Waals surface area contributed by atoms with Crippen LogP contribution >= 0.6 is 0 Å². The van der Waals surface area contributed by atoms with Gasteiger partial charge in [-0.2, -0.15) is 0 Å². The van der Waals surface area contributed by atoms with E-state index in [0.717, 1.165) is 66.3 Å². The highest BCUT2D eigenvalue weighted by molar-refractivity contribution is 6.22. The fourth-order valence-electron chi connectivity index (χ4n) is 7.21. The molecule has 254 valence electrons. The van der Waals surface area contributed by atoms with Crippen LogP contribution in [0.2, 0.25) is 0 Å². The fraction of sp³-hybridized carbons (Fsp3) is 0.261. The van der Waals surface area contributed by atoms with Crippen LogP contribution in [-0.4, -0.2) is 11.8 Å². The fourth-order valence-corrected chi connectivity index (χ4v) is 7.21. The summed E-state index contributed by atoms with van der Waals surface area (Å²) in [7, 11) is 0. The van der Waals surface area contributed by atoms with Gasteiger partial charge in [0.2, 0.25) is 0 Å². The number of hydrogen-bond donors (Lipinski definition) is 2. The molecule has 6 rings (SSSR count). The lowest BCUT2D eigenvalue weighted by Crippen LogP contribution is -2.19. The number of anilines is 2. The molecule has 0 radical (unpaired) electrons. The number of benzene rings is 6. The molecule has 0 heterocycles. The van der Waals surface area contributed by atoms with Crippen LogP contribution in [0.25, 0.3) is 32.7 Å². The van der Waals surface area contributed by atoms with E-state index in [1.54, 1.807) is 0 Å².